The van der Waals surface area contributed by atoms with Gasteiger partial charge in [0.1, 0.15) is 0 Å². The quantitative estimate of drug-likeness (QED) is 0.793. The molecule has 0 bridgehead atoms. The summed E-state index contributed by atoms with van der Waals surface area (Å²) < 4.78 is 0. The van der Waals surface area contributed by atoms with Gasteiger partial charge in [0.25, 0.3) is 0 Å². The highest BCUT2D eigenvalue weighted by Gasteiger charge is 2.31. The molecule has 0 aromatic heterocycles. The maximum absolute atomic E-state index is 9.10. The van der Waals surface area contributed by atoms with Gasteiger partial charge in [-0.05, 0) is 27.7 Å². The molecule has 0 saturated carbocycles. The Morgan fingerprint density at radius 3 is 1.35 bits per heavy atom. The van der Waals surface area contributed by atoms with E-state index in [-0.39, 0.29) is 8.80 Å². The molecule has 0 heterocycles. The molecule has 3 heteroatoms. The van der Waals surface area contributed by atoms with Crippen LogP contribution in [0.5, 0.6) is 0 Å². The summed E-state index contributed by atoms with van der Waals surface area (Å²) in [5.41, 5.74) is -2.01. The smallest absolute Gasteiger partial charge is 0.0872 e. The van der Waals surface area contributed by atoms with Gasteiger partial charge in [0.2, 0.25) is 0 Å². The van der Waals surface area contributed by atoms with Gasteiger partial charge in [-0.2, -0.15) is 0 Å². The number of benzene rings is 1. The zero-order valence-corrected chi connectivity index (χ0v) is 12.8. The lowest BCUT2D eigenvalue weighted by Gasteiger charge is -2.31. The second kappa shape index (κ2) is 6.33. The molecule has 0 aliphatic rings. The average Bonchev–Trinajstić information content (AvgIpc) is 2.17. The highest BCUT2D eigenvalue weighted by atomic mass is 28.3. The van der Waals surface area contributed by atoms with Crippen LogP contribution in [0.2, 0.25) is 13.1 Å². The van der Waals surface area contributed by atoms with Crippen molar-refractivity contribution in [3.8, 4) is 0 Å². The third kappa shape index (κ3) is 6.61. The van der Waals surface area contributed by atoms with E-state index in [2.05, 4.69) is 43.4 Å². The molecule has 0 amide bonds. The van der Waals surface area contributed by atoms with E-state index in [9.17, 15) is 0 Å². The lowest BCUT2D eigenvalue weighted by atomic mass is 9.90. The first kappa shape index (κ1) is 16.4. The molecule has 0 aliphatic carbocycles. The molecule has 1 aromatic rings. The first-order chi connectivity index (χ1) is 7.55. The molecule has 17 heavy (non-hydrogen) atoms. The number of rotatable bonds is 2. The highest BCUT2D eigenvalue weighted by molar-refractivity contribution is 6.70. The predicted molar refractivity (Wildman–Crippen MR) is 76.2 cm³/mol. The fourth-order valence-electron chi connectivity index (χ4n) is 0.771. The summed E-state index contributed by atoms with van der Waals surface area (Å²) in [6.07, 6.45) is 0. The van der Waals surface area contributed by atoms with Gasteiger partial charge in [0.15, 0.2) is 0 Å². The first-order valence-corrected chi connectivity index (χ1v) is 8.36. The molecular formula is C14H25O2Si. The zero-order chi connectivity index (χ0) is 13.7. The van der Waals surface area contributed by atoms with Crippen molar-refractivity contribution in [2.24, 2.45) is 0 Å². The maximum Gasteiger partial charge on any atom is 0.0872 e. The fraction of sp³-hybridized carbons (Fsp3) is 0.571. The molecule has 0 fully saturated rings. The first-order valence-electron chi connectivity index (χ1n) is 5.86. The molecule has 97 valence electrons. The largest absolute Gasteiger partial charge is 0.387 e. The third-order valence-corrected chi connectivity index (χ3v) is 4.34. The van der Waals surface area contributed by atoms with Crippen LogP contribution in [0.4, 0.5) is 0 Å². The Hall–Kier alpha value is -0.643. The van der Waals surface area contributed by atoms with Crippen molar-refractivity contribution in [3.05, 3.63) is 30.3 Å². The molecule has 0 spiro atoms. The molecule has 1 rings (SSSR count). The van der Waals surface area contributed by atoms with Crippen LogP contribution in [0.1, 0.15) is 27.7 Å². The summed E-state index contributed by atoms with van der Waals surface area (Å²) in [7, 11) is -0.212. The van der Waals surface area contributed by atoms with Crippen molar-refractivity contribution in [1.29, 1.82) is 0 Å². The molecule has 0 aliphatic heterocycles. The Balaban J connectivity index is 0.000000304. The lowest BCUT2D eigenvalue weighted by molar-refractivity contribution is -0.107. The van der Waals surface area contributed by atoms with Gasteiger partial charge < -0.3 is 10.2 Å². The van der Waals surface area contributed by atoms with Crippen LogP contribution in [-0.4, -0.2) is 30.2 Å². The predicted octanol–water partition coefficient (Wildman–Crippen LogP) is 2.18. The van der Waals surface area contributed by atoms with Crippen LogP contribution in [0.25, 0.3) is 0 Å². The molecule has 0 saturated heterocycles. The van der Waals surface area contributed by atoms with Crippen molar-refractivity contribution in [2.45, 2.75) is 52.0 Å². The van der Waals surface area contributed by atoms with Crippen molar-refractivity contribution in [1.82, 2.24) is 0 Å². The van der Waals surface area contributed by atoms with E-state index in [1.807, 2.05) is 0 Å². The lowest BCUT2D eigenvalue weighted by Crippen LogP contribution is -2.44. The summed E-state index contributed by atoms with van der Waals surface area (Å²) in [6.45, 7) is 10.9. The van der Waals surface area contributed by atoms with Gasteiger partial charge in [-0.25, -0.2) is 0 Å². The van der Waals surface area contributed by atoms with E-state index in [0.29, 0.717) is 0 Å². The van der Waals surface area contributed by atoms with Crippen LogP contribution >= 0.6 is 0 Å². The Morgan fingerprint density at radius 1 is 0.824 bits per heavy atom. The molecule has 0 unspecified atom stereocenters. The molecular weight excluding hydrogens is 228 g/mol. The van der Waals surface area contributed by atoms with Gasteiger partial charge in [0.05, 0.1) is 20.0 Å². The monoisotopic (exact) mass is 253 g/mol. The van der Waals surface area contributed by atoms with Crippen LogP contribution < -0.4 is 5.19 Å². The highest BCUT2D eigenvalue weighted by Crippen LogP contribution is 2.19. The number of aliphatic hydroxyl groups is 2. The van der Waals surface area contributed by atoms with Crippen LogP contribution in [0, 0.1) is 0 Å². The normalized spacial score (nSPS) is 12.1. The van der Waals surface area contributed by atoms with Gasteiger partial charge in [-0.3, -0.25) is 0 Å². The summed E-state index contributed by atoms with van der Waals surface area (Å²) in [6, 6.07) is 10.7. The Labute approximate surface area is 107 Å². The van der Waals surface area contributed by atoms with Crippen molar-refractivity contribution in [2.75, 3.05) is 0 Å². The maximum atomic E-state index is 9.10. The molecule has 1 aromatic carbocycles. The molecule has 2 N–H and O–H groups in total. The number of hydrogen-bond acceptors (Lipinski definition) is 2. The molecule has 0 atom stereocenters. The molecule has 1 radical (unpaired) electrons. The van der Waals surface area contributed by atoms with E-state index in [4.69, 9.17) is 10.2 Å². The summed E-state index contributed by atoms with van der Waals surface area (Å²) >= 11 is 0. The number of hydrogen-bond donors (Lipinski definition) is 2. The van der Waals surface area contributed by atoms with Crippen molar-refractivity contribution >= 4 is 14.0 Å². The van der Waals surface area contributed by atoms with Crippen LogP contribution in [0.3, 0.4) is 0 Å². The summed E-state index contributed by atoms with van der Waals surface area (Å²) in [5, 5.41) is 19.7. The average molecular weight is 253 g/mol. The minimum Gasteiger partial charge on any atom is -0.387 e. The van der Waals surface area contributed by atoms with Gasteiger partial charge >= 0.3 is 0 Å². The van der Waals surface area contributed by atoms with E-state index >= 15 is 0 Å². The van der Waals surface area contributed by atoms with Gasteiger partial charge in [0, 0.05) is 0 Å². The minimum absolute atomic E-state index is 0.212. The van der Waals surface area contributed by atoms with E-state index in [1.54, 1.807) is 27.7 Å². The molecule has 2 nitrogen and oxygen atoms in total. The van der Waals surface area contributed by atoms with E-state index in [1.165, 1.54) is 5.19 Å². The second-order valence-electron chi connectivity index (χ2n) is 5.48. The van der Waals surface area contributed by atoms with Crippen molar-refractivity contribution < 1.29 is 10.2 Å². The fourth-order valence-corrected chi connectivity index (χ4v) is 1.63. The Kier molecular flexibility index (Phi) is 6.09. The minimum atomic E-state index is -1.01. The van der Waals surface area contributed by atoms with Gasteiger partial charge in [-0.15, -0.1) is 0 Å². The SMILES string of the molecule is CC(C)(O)C(C)(C)O.C[Si](C)c1ccccc1. The van der Waals surface area contributed by atoms with Crippen LogP contribution in [-0.2, 0) is 0 Å². The topological polar surface area (TPSA) is 40.5 Å². The van der Waals surface area contributed by atoms with Crippen molar-refractivity contribution in [3.63, 3.8) is 0 Å². The Morgan fingerprint density at radius 2 is 1.18 bits per heavy atom. The van der Waals surface area contributed by atoms with E-state index in [0.717, 1.165) is 0 Å². The van der Waals surface area contributed by atoms with Gasteiger partial charge in [-0.1, -0.05) is 48.6 Å². The standard InChI is InChI=1S/C8H11Si.C6H14O2/c1-9(2)8-6-4-3-5-7-8;1-5(2,7)6(3,4)8/h3-7H,1-2H3;7-8H,1-4H3. The summed E-state index contributed by atoms with van der Waals surface area (Å²) in [4.78, 5) is 0. The second-order valence-corrected chi connectivity index (χ2v) is 8.06. The Bertz CT molecular complexity index is 295. The van der Waals surface area contributed by atoms with Crippen LogP contribution in [0.15, 0.2) is 30.3 Å². The zero-order valence-electron chi connectivity index (χ0n) is 11.8. The summed E-state index contributed by atoms with van der Waals surface area (Å²) in [5.74, 6) is 0. The third-order valence-electron chi connectivity index (χ3n) is 2.85. The van der Waals surface area contributed by atoms with E-state index < -0.39 is 11.2 Å².